The summed E-state index contributed by atoms with van der Waals surface area (Å²) in [7, 11) is 0. The normalized spacial score (nSPS) is 11.4. The van der Waals surface area contributed by atoms with E-state index in [0.717, 1.165) is 18.5 Å². The number of aryl methyl sites for hydroxylation is 1. The summed E-state index contributed by atoms with van der Waals surface area (Å²) in [5.74, 6) is 0. The zero-order valence-corrected chi connectivity index (χ0v) is 15.6. The maximum atomic E-state index is 4.71. The third kappa shape index (κ3) is 3.08. The van der Waals surface area contributed by atoms with Gasteiger partial charge >= 0.3 is 0 Å². The minimum Gasteiger partial charge on any atom is -0.319 e. The molecule has 134 valence electrons. The lowest BCUT2D eigenvalue weighted by molar-refractivity contribution is 0.514. The number of hydrogen-bond acceptors (Lipinski definition) is 1. The second-order valence-corrected chi connectivity index (χ2v) is 6.83. The minimum atomic E-state index is -0.456. The van der Waals surface area contributed by atoms with Gasteiger partial charge in [-0.1, -0.05) is 104 Å². The van der Waals surface area contributed by atoms with Crippen LogP contribution in [0.25, 0.3) is 0 Å². The molecule has 2 heteroatoms. The summed E-state index contributed by atoms with van der Waals surface area (Å²) in [6.45, 7) is 2.19. The summed E-state index contributed by atoms with van der Waals surface area (Å²) in [5, 5.41) is 0. The number of hydrogen-bond donors (Lipinski definition) is 0. The maximum absolute atomic E-state index is 4.71. The highest BCUT2D eigenvalue weighted by Crippen LogP contribution is 2.40. The summed E-state index contributed by atoms with van der Waals surface area (Å²) in [5.41, 5.74) is 4.35. The average molecular weight is 352 g/mol. The standard InChI is InChI=1S/C25H24N2/c1-2-12-24-19-27(20-26-24)25(21-13-6-3-7-14-21,22-15-8-4-9-16-22)23-17-10-5-11-18-23/h3-11,13-20H,2,12H2,1H3. The van der Waals surface area contributed by atoms with Crippen LogP contribution in [0.5, 0.6) is 0 Å². The Labute approximate surface area is 161 Å². The fourth-order valence-electron chi connectivity index (χ4n) is 3.92. The van der Waals surface area contributed by atoms with Crippen molar-refractivity contribution in [3.05, 3.63) is 126 Å². The summed E-state index contributed by atoms with van der Waals surface area (Å²) >= 11 is 0. The Hall–Kier alpha value is -3.13. The topological polar surface area (TPSA) is 17.8 Å². The fraction of sp³-hybridized carbons (Fsp3) is 0.160. The highest BCUT2D eigenvalue weighted by molar-refractivity contribution is 5.50. The van der Waals surface area contributed by atoms with Crippen molar-refractivity contribution in [2.75, 3.05) is 0 Å². The van der Waals surface area contributed by atoms with Crippen LogP contribution in [-0.4, -0.2) is 9.55 Å². The van der Waals surface area contributed by atoms with Crippen molar-refractivity contribution in [2.45, 2.75) is 25.3 Å². The van der Waals surface area contributed by atoms with E-state index in [1.54, 1.807) is 0 Å². The van der Waals surface area contributed by atoms with Crippen molar-refractivity contribution in [2.24, 2.45) is 0 Å². The first-order valence-electron chi connectivity index (χ1n) is 9.55. The monoisotopic (exact) mass is 352 g/mol. The first-order valence-corrected chi connectivity index (χ1v) is 9.55. The van der Waals surface area contributed by atoms with E-state index < -0.39 is 5.54 Å². The van der Waals surface area contributed by atoms with Crippen LogP contribution >= 0.6 is 0 Å². The molecule has 4 rings (SSSR count). The molecule has 27 heavy (non-hydrogen) atoms. The van der Waals surface area contributed by atoms with Crippen molar-refractivity contribution in [1.29, 1.82) is 0 Å². The molecule has 0 atom stereocenters. The molecule has 0 radical (unpaired) electrons. The van der Waals surface area contributed by atoms with E-state index in [-0.39, 0.29) is 0 Å². The number of imidazole rings is 1. The van der Waals surface area contributed by atoms with Crippen LogP contribution in [0.1, 0.15) is 35.7 Å². The van der Waals surface area contributed by atoms with Crippen LogP contribution in [0.2, 0.25) is 0 Å². The Bertz CT molecular complexity index is 876. The largest absolute Gasteiger partial charge is 0.319 e. The van der Waals surface area contributed by atoms with Crippen LogP contribution in [0.4, 0.5) is 0 Å². The first-order chi connectivity index (χ1) is 13.4. The highest BCUT2D eigenvalue weighted by Gasteiger charge is 2.38. The molecular weight excluding hydrogens is 328 g/mol. The number of aromatic nitrogens is 2. The van der Waals surface area contributed by atoms with E-state index in [1.165, 1.54) is 16.7 Å². The zero-order chi connectivity index (χ0) is 18.5. The average Bonchev–Trinajstić information content (AvgIpc) is 3.20. The molecule has 1 heterocycles. The summed E-state index contributed by atoms with van der Waals surface area (Å²) in [6, 6.07) is 32.1. The SMILES string of the molecule is CCCc1cn(C(c2ccccc2)(c2ccccc2)c2ccccc2)cn1. The van der Waals surface area contributed by atoms with E-state index in [4.69, 9.17) is 4.98 Å². The Balaban J connectivity index is 2.06. The molecule has 0 bridgehead atoms. The van der Waals surface area contributed by atoms with E-state index in [9.17, 15) is 0 Å². The van der Waals surface area contributed by atoms with Gasteiger partial charge in [0.05, 0.1) is 12.0 Å². The van der Waals surface area contributed by atoms with Crippen LogP contribution in [-0.2, 0) is 12.0 Å². The lowest BCUT2D eigenvalue weighted by atomic mass is 9.77. The molecule has 0 saturated carbocycles. The molecule has 0 amide bonds. The minimum absolute atomic E-state index is 0.456. The van der Waals surface area contributed by atoms with Gasteiger partial charge in [0.2, 0.25) is 0 Å². The van der Waals surface area contributed by atoms with Gasteiger partial charge in [-0.2, -0.15) is 0 Å². The lowest BCUT2D eigenvalue weighted by Crippen LogP contribution is -2.36. The Kier molecular flexibility index (Phi) is 4.88. The number of rotatable bonds is 6. The predicted molar refractivity (Wildman–Crippen MR) is 111 cm³/mol. The van der Waals surface area contributed by atoms with Gasteiger partial charge in [0.25, 0.3) is 0 Å². The van der Waals surface area contributed by atoms with Gasteiger partial charge in [0.1, 0.15) is 5.54 Å². The zero-order valence-electron chi connectivity index (χ0n) is 15.6. The van der Waals surface area contributed by atoms with Crippen LogP contribution in [0.15, 0.2) is 104 Å². The van der Waals surface area contributed by atoms with E-state index in [1.807, 2.05) is 6.33 Å². The summed E-state index contributed by atoms with van der Waals surface area (Å²) in [4.78, 5) is 4.71. The van der Waals surface area contributed by atoms with Crippen molar-refractivity contribution in [1.82, 2.24) is 9.55 Å². The molecule has 0 fully saturated rings. The fourth-order valence-corrected chi connectivity index (χ4v) is 3.92. The molecule has 3 aromatic carbocycles. The van der Waals surface area contributed by atoms with Crippen LogP contribution < -0.4 is 0 Å². The van der Waals surface area contributed by atoms with Crippen molar-refractivity contribution in [3.63, 3.8) is 0 Å². The van der Waals surface area contributed by atoms with Gasteiger partial charge in [-0.25, -0.2) is 4.98 Å². The van der Waals surface area contributed by atoms with Gasteiger partial charge < -0.3 is 4.57 Å². The van der Waals surface area contributed by atoms with Gasteiger partial charge in [-0.05, 0) is 23.1 Å². The van der Waals surface area contributed by atoms with E-state index >= 15 is 0 Å². The van der Waals surface area contributed by atoms with Gasteiger partial charge in [0.15, 0.2) is 0 Å². The first kappa shape index (κ1) is 17.3. The Morgan fingerprint density at radius 1 is 0.704 bits per heavy atom. The molecular formula is C25H24N2. The van der Waals surface area contributed by atoms with Crippen LogP contribution in [0, 0.1) is 0 Å². The third-order valence-corrected chi connectivity index (χ3v) is 5.10. The molecule has 0 spiro atoms. The third-order valence-electron chi connectivity index (χ3n) is 5.10. The van der Waals surface area contributed by atoms with Crippen molar-refractivity contribution in [3.8, 4) is 0 Å². The Morgan fingerprint density at radius 3 is 1.56 bits per heavy atom. The van der Waals surface area contributed by atoms with E-state index in [2.05, 4.69) is 109 Å². The molecule has 0 aliphatic rings. The second kappa shape index (κ2) is 7.63. The highest BCUT2D eigenvalue weighted by atomic mass is 15.1. The molecule has 0 aliphatic carbocycles. The lowest BCUT2D eigenvalue weighted by Gasteiger charge is -2.37. The molecule has 4 aromatic rings. The summed E-state index contributed by atoms with van der Waals surface area (Å²) in [6.07, 6.45) is 6.27. The summed E-state index contributed by atoms with van der Waals surface area (Å²) < 4.78 is 2.28. The van der Waals surface area contributed by atoms with Crippen molar-refractivity contribution >= 4 is 0 Å². The molecule has 2 nitrogen and oxygen atoms in total. The molecule has 0 aliphatic heterocycles. The molecule has 0 N–H and O–H groups in total. The Morgan fingerprint density at radius 2 is 1.15 bits per heavy atom. The number of benzene rings is 3. The van der Waals surface area contributed by atoms with Crippen LogP contribution in [0.3, 0.4) is 0 Å². The predicted octanol–water partition coefficient (Wildman–Crippen LogP) is 5.68. The van der Waals surface area contributed by atoms with Gasteiger partial charge in [-0.3, -0.25) is 0 Å². The molecule has 0 unspecified atom stereocenters. The van der Waals surface area contributed by atoms with Gasteiger partial charge in [0, 0.05) is 6.20 Å². The molecule has 0 saturated heterocycles. The smallest absolute Gasteiger partial charge is 0.121 e. The molecule has 1 aromatic heterocycles. The van der Waals surface area contributed by atoms with Crippen molar-refractivity contribution < 1.29 is 0 Å². The second-order valence-electron chi connectivity index (χ2n) is 6.83. The number of nitrogens with zero attached hydrogens (tertiary/aromatic N) is 2. The quantitative estimate of drug-likeness (QED) is 0.408. The van der Waals surface area contributed by atoms with E-state index in [0.29, 0.717) is 0 Å². The maximum Gasteiger partial charge on any atom is 0.121 e. The van der Waals surface area contributed by atoms with Gasteiger partial charge in [-0.15, -0.1) is 0 Å².